The van der Waals surface area contributed by atoms with Crippen LogP contribution in [-0.4, -0.2) is 82.8 Å². The van der Waals surface area contributed by atoms with E-state index in [1.807, 2.05) is 11.8 Å². The lowest BCUT2D eigenvalue weighted by Crippen LogP contribution is -2.61. The first-order valence-electron chi connectivity index (χ1n) is 13.9. The molecule has 1 aromatic rings. The number of carbonyl (C=O) groups excluding carboxylic acids is 3. The van der Waals surface area contributed by atoms with Crippen LogP contribution in [-0.2, 0) is 14.4 Å². The molecule has 0 spiro atoms. The van der Waals surface area contributed by atoms with Crippen LogP contribution < -0.4 is 5.32 Å². The fraction of sp³-hybridized carbons (Fsp3) is 0.690. The molecule has 4 atom stereocenters. The average molecular weight is 533 g/mol. The van der Waals surface area contributed by atoms with E-state index in [1.165, 1.54) is 19.1 Å². The summed E-state index contributed by atoms with van der Waals surface area (Å²) in [7, 11) is 0. The van der Waals surface area contributed by atoms with Gasteiger partial charge in [0.1, 0.15) is 17.7 Å². The normalized spacial score (nSPS) is 26.0. The van der Waals surface area contributed by atoms with Gasteiger partial charge in [0.25, 0.3) is 0 Å². The van der Waals surface area contributed by atoms with Crippen LogP contribution in [0.25, 0.3) is 0 Å². The lowest BCUT2D eigenvalue weighted by molar-refractivity contribution is -0.147. The quantitative estimate of drug-likeness (QED) is 0.630. The SMILES string of the molecule is CC(=O)N[C@H](C(=O)N1CCN(C(=O)[C@@H]2CN(C(C)(C)C)C[C@H]2c2ccc(F)cc2F)[C@@H](C)C1)C1CCCC1. The first kappa shape index (κ1) is 28.5. The van der Waals surface area contributed by atoms with Crippen molar-refractivity contribution in [2.24, 2.45) is 11.8 Å². The third-order valence-electron chi connectivity index (χ3n) is 8.67. The third kappa shape index (κ3) is 6.03. The molecule has 3 aliphatic rings. The molecule has 3 fully saturated rings. The Morgan fingerprint density at radius 3 is 2.29 bits per heavy atom. The molecule has 2 saturated heterocycles. The zero-order chi connectivity index (χ0) is 27.8. The number of nitrogens with zero attached hydrogens (tertiary/aromatic N) is 3. The molecule has 0 radical (unpaired) electrons. The van der Waals surface area contributed by atoms with Gasteiger partial charge in [0.2, 0.25) is 17.7 Å². The van der Waals surface area contributed by atoms with Crippen molar-refractivity contribution in [2.45, 2.75) is 83.8 Å². The van der Waals surface area contributed by atoms with Crippen LogP contribution in [0.1, 0.15) is 71.8 Å². The van der Waals surface area contributed by atoms with Crippen LogP contribution in [0.5, 0.6) is 0 Å². The third-order valence-corrected chi connectivity index (χ3v) is 8.67. The largest absolute Gasteiger partial charge is 0.344 e. The Morgan fingerprint density at radius 2 is 1.71 bits per heavy atom. The second kappa shape index (κ2) is 11.3. The van der Waals surface area contributed by atoms with Crippen LogP contribution in [0.4, 0.5) is 8.78 Å². The molecule has 0 bridgehead atoms. The summed E-state index contributed by atoms with van der Waals surface area (Å²) >= 11 is 0. The standard InChI is InChI=1S/C29H42F2N4O3/c1-18-15-33(28(38)26(32-19(2)36)20-8-6-7-9-20)12-13-35(18)27(37)24-17-34(29(3,4)5)16-23(24)22-11-10-21(30)14-25(22)31/h10-11,14,18,20,23-24,26H,6-9,12-13,15-17H2,1-5H3,(H,32,36)/t18-,23-,24+,26-/m0/s1. The Balaban J connectivity index is 1.50. The molecule has 1 saturated carbocycles. The molecular formula is C29H42F2N4O3. The summed E-state index contributed by atoms with van der Waals surface area (Å²) in [5.74, 6) is -2.30. The van der Waals surface area contributed by atoms with Gasteiger partial charge in [-0.2, -0.15) is 0 Å². The van der Waals surface area contributed by atoms with E-state index in [9.17, 15) is 23.2 Å². The van der Waals surface area contributed by atoms with Gasteiger partial charge in [-0.05, 0) is 58.1 Å². The van der Waals surface area contributed by atoms with Crippen molar-refractivity contribution < 1.29 is 23.2 Å². The number of piperazine rings is 1. The summed E-state index contributed by atoms with van der Waals surface area (Å²) in [6, 6.07) is 2.87. The van der Waals surface area contributed by atoms with Gasteiger partial charge in [-0.3, -0.25) is 19.3 Å². The summed E-state index contributed by atoms with van der Waals surface area (Å²) in [5.41, 5.74) is 0.159. The van der Waals surface area contributed by atoms with Gasteiger partial charge in [0, 0.05) is 63.2 Å². The van der Waals surface area contributed by atoms with Crippen LogP contribution >= 0.6 is 0 Å². The molecule has 1 aliphatic carbocycles. The highest BCUT2D eigenvalue weighted by atomic mass is 19.1. The maximum atomic E-state index is 14.9. The van der Waals surface area contributed by atoms with E-state index in [0.29, 0.717) is 38.3 Å². The minimum atomic E-state index is -0.635. The van der Waals surface area contributed by atoms with E-state index in [-0.39, 0.29) is 41.1 Å². The molecule has 210 valence electrons. The van der Waals surface area contributed by atoms with Crippen molar-refractivity contribution in [3.63, 3.8) is 0 Å². The zero-order valence-electron chi connectivity index (χ0n) is 23.3. The monoisotopic (exact) mass is 532 g/mol. The number of carbonyl (C=O) groups is 3. The van der Waals surface area contributed by atoms with Crippen LogP contribution in [0.3, 0.4) is 0 Å². The Kier molecular flexibility index (Phi) is 8.45. The molecule has 0 aromatic heterocycles. The van der Waals surface area contributed by atoms with Gasteiger partial charge in [-0.15, -0.1) is 0 Å². The Labute approximate surface area is 224 Å². The number of nitrogens with one attached hydrogen (secondary N) is 1. The molecule has 7 nitrogen and oxygen atoms in total. The molecule has 0 unspecified atom stereocenters. The number of amides is 3. The number of hydrogen-bond acceptors (Lipinski definition) is 4. The minimum Gasteiger partial charge on any atom is -0.344 e. The van der Waals surface area contributed by atoms with Gasteiger partial charge < -0.3 is 15.1 Å². The molecular weight excluding hydrogens is 490 g/mol. The maximum absolute atomic E-state index is 14.9. The average Bonchev–Trinajstić information content (AvgIpc) is 3.52. The van der Waals surface area contributed by atoms with E-state index < -0.39 is 23.6 Å². The summed E-state index contributed by atoms with van der Waals surface area (Å²) in [6.07, 6.45) is 3.99. The topological polar surface area (TPSA) is 73.0 Å². The molecule has 38 heavy (non-hydrogen) atoms. The van der Waals surface area contributed by atoms with Crippen molar-refractivity contribution in [1.82, 2.24) is 20.0 Å². The smallest absolute Gasteiger partial charge is 0.245 e. The lowest BCUT2D eigenvalue weighted by Gasteiger charge is -2.43. The summed E-state index contributed by atoms with van der Waals surface area (Å²) < 4.78 is 28.5. The number of likely N-dealkylation sites (tertiary alicyclic amines) is 1. The summed E-state index contributed by atoms with van der Waals surface area (Å²) in [6.45, 7) is 11.7. The first-order valence-corrected chi connectivity index (χ1v) is 13.9. The lowest BCUT2D eigenvalue weighted by atomic mass is 9.87. The molecule has 4 rings (SSSR count). The Bertz CT molecular complexity index is 1050. The maximum Gasteiger partial charge on any atom is 0.245 e. The number of halogens is 2. The van der Waals surface area contributed by atoms with Crippen LogP contribution in [0, 0.1) is 23.5 Å². The second-order valence-corrected chi connectivity index (χ2v) is 12.3. The zero-order valence-corrected chi connectivity index (χ0v) is 23.3. The highest BCUT2D eigenvalue weighted by Gasteiger charge is 2.46. The Hall–Kier alpha value is -2.55. The highest BCUT2D eigenvalue weighted by molar-refractivity contribution is 5.88. The van der Waals surface area contributed by atoms with Crippen LogP contribution in [0.2, 0.25) is 0 Å². The van der Waals surface area contributed by atoms with E-state index in [0.717, 1.165) is 31.7 Å². The molecule has 9 heteroatoms. The van der Waals surface area contributed by atoms with Crippen molar-refractivity contribution in [3.05, 3.63) is 35.4 Å². The van der Waals surface area contributed by atoms with Gasteiger partial charge in [-0.1, -0.05) is 18.9 Å². The van der Waals surface area contributed by atoms with E-state index in [4.69, 9.17) is 0 Å². The predicted octanol–water partition coefficient (Wildman–Crippen LogP) is 3.53. The predicted molar refractivity (Wildman–Crippen MR) is 141 cm³/mol. The van der Waals surface area contributed by atoms with Crippen molar-refractivity contribution in [3.8, 4) is 0 Å². The number of hydrogen-bond donors (Lipinski definition) is 1. The second-order valence-electron chi connectivity index (χ2n) is 12.3. The van der Waals surface area contributed by atoms with E-state index in [1.54, 1.807) is 4.90 Å². The number of rotatable bonds is 5. The summed E-state index contributed by atoms with van der Waals surface area (Å²) in [5, 5.41) is 2.89. The molecule has 3 amide bonds. The highest BCUT2D eigenvalue weighted by Crippen LogP contribution is 2.39. The summed E-state index contributed by atoms with van der Waals surface area (Å²) in [4.78, 5) is 45.1. The number of benzene rings is 1. The van der Waals surface area contributed by atoms with Crippen molar-refractivity contribution in [2.75, 3.05) is 32.7 Å². The molecule has 1 aromatic carbocycles. The van der Waals surface area contributed by atoms with Gasteiger partial charge >= 0.3 is 0 Å². The van der Waals surface area contributed by atoms with Crippen LogP contribution in [0.15, 0.2) is 18.2 Å². The van der Waals surface area contributed by atoms with Gasteiger partial charge in [-0.25, -0.2) is 8.78 Å². The molecule has 1 N–H and O–H groups in total. The molecule has 2 heterocycles. The van der Waals surface area contributed by atoms with E-state index in [2.05, 4.69) is 31.0 Å². The van der Waals surface area contributed by atoms with Crippen molar-refractivity contribution in [1.29, 1.82) is 0 Å². The van der Waals surface area contributed by atoms with Crippen molar-refractivity contribution >= 4 is 17.7 Å². The van der Waals surface area contributed by atoms with Gasteiger partial charge in [0.15, 0.2) is 0 Å². The Morgan fingerprint density at radius 1 is 1.03 bits per heavy atom. The fourth-order valence-electron chi connectivity index (χ4n) is 6.50. The molecule has 2 aliphatic heterocycles. The minimum absolute atomic E-state index is 0.0562. The first-order chi connectivity index (χ1) is 17.9. The fourth-order valence-corrected chi connectivity index (χ4v) is 6.50. The van der Waals surface area contributed by atoms with E-state index >= 15 is 0 Å². The van der Waals surface area contributed by atoms with Gasteiger partial charge in [0.05, 0.1) is 5.92 Å².